The number of hydrogen-bond donors (Lipinski definition) is 0. The average molecular weight is 331 g/mol. The van der Waals surface area contributed by atoms with Gasteiger partial charge in [-0.3, -0.25) is 4.79 Å². The highest BCUT2D eigenvalue weighted by Crippen LogP contribution is 2.41. The molecule has 3 aromatic rings. The number of fused-ring (bicyclic) bond motifs is 2. The maximum absolute atomic E-state index is 12.9. The van der Waals surface area contributed by atoms with Gasteiger partial charge in [-0.1, -0.05) is 30.3 Å². The number of para-hydroxylation sites is 2. The van der Waals surface area contributed by atoms with E-state index in [0.717, 1.165) is 21.5 Å². The second-order valence-electron chi connectivity index (χ2n) is 5.42. The molecule has 4 nitrogen and oxygen atoms in total. The molecule has 2 aromatic carbocycles. The Balaban J connectivity index is 1.99. The number of allylic oxidation sites excluding steroid dienone is 1. The monoisotopic (exact) mass is 331 g/mol. The summed E-state index contributed by atoms with van der Waals surface area (Å²) in [6.07, 6.45) is 0. The van der Waals surface area contributed by atoms with Crippen LogP contribution in [0.25, 0.3) is 21.4 Å². The van der Waals surface area contributed by atoms with E-state index in [4.69, 9.17) is 0 Å². The zero-order chi connectivity index (χ0) is 16.7. The van der Waals surface area contributed by atoms with Crippen molar-refractivity contribution in [1.29, 1.82) is 5.26 Å². The van der Waals surface area contributed by atoms with Gasteiger partial charge in [-0.25, -0.2) is 4.98 Å². The molecule has 1 aliphatic rings. The van der Waals surface area contributed by atoms with Crippen molar-refractivity contribution in [3.8, 4) is 6.07 Å². The molecule has 0 radical (unpaired) electrons. The van der Waals surface area contributed by atoms with E-state index in [-0.39, 0.29) is 5.91 Å². The molecule has 0 saturated heterocycles. The molecule has 2 heterocycles. The van der Waals surface area contributed by atoms with Crippen LogP contribution in [0.4, 0.5) is 5.69 Å². The molecule has 0 fully saturated rings. The van der Waals surface area contributed by atoms with Gasteiger partial charge in [0.25, 0.3) is 5.91 Å². The van der Waals surface area contributed by atoms with E-state index in [2.05, 4.69) is 11.1 Å². The smallest absolute Gasteiger partial charge is 0.260 e. The average Bonchev–Trinajstić information content (AvgIpc) is 3.15. The number of hydrogen-bond acceptors (Lipinski definition) is 4. The number of nitriles is 1. The number of amides is 1. The van der Waals surface area contributed by atoms with Crippen LogP contribution in [0.3, 0.4) is 0 Å². The number of rotatable bonds is 2. The zero-order valence-electron chi connectivity index (χ0n) is 13.0. The van der Waals surface area contributed by atoms with Crippen LogP contribution < -0.4 is 4.90 Å². The van der Waals surface area contributed by atoms with Crippen molar-refractivity contribution in [2.75, 3.05) is 11.4 Å². The number of likely N-dealkylation sites (N-methyl/N-ethyl adjacent to an activating group) is 1. The standard InChI is InChI=1S/C19H13N3OS/c1-2-22-15-9-5-3-7-12(15)17(19(22)23)13(11-20)18-21-14-8-4-6-10-16(14)24-18/h3-10H,2H2,1H3/b17-13-. The first-order valence-corrected chi connectivity index (χ1v) is 8.47. The molecule has 0 atom stereocenters. The van der Waals surface area contributed by atoms with Crippen LogP contribution >= 0.6 is 11.3 Å². The van der Waals surface area contributed by atoms with Crippen LogP contribution in [0.5, 0.6) is 0 Å². The topological polar surface area (TPSA) is 57.0 Å². The van der Waals surface area contributed by atoms with Crippen molar-refractivity contribution in [2.45, 2.75) is 6.92 Å². The lowest BCUT2D eigenvalue weighted by molar-refractivity contribution is -0.112. The third-order valence-electron chi connectivity index (χ3n) is 4.11. The molecule has 0 unspecified atom stereocenters. The Labute approximate surface area is 143 Å². The molecule has 24 heavy (non-hydrogen) atoms. The molecule has 0 saturated carbocycles. The summed E-state index contributed by atoms with van der Waals surface area (Å²) in [5.74, 6) is -0.130. The summed E-state index contributed by atoms with van der Waals surface area (Å²) in [6.45, 7) is 2.50. The van der Waals surface area contributed by atoms with Crippen LogP contribution in [0.2, 0.25) is 0 Å². The Hall–Kier alpha value is -2.97. The highest BCUT2D eigenvalue weighted by atomic mass is 32.1. The Morgan fingerprint density at radius 3 is 2.71 bits per heavy atom. The number of anilines is 1. The van der Waals surface area contributed by atoms with Crippen LogP contribution in [0.15, 0.2) is 48.5 Å². The van der Waals surface area contributed by atoms with E-state index in [1.54, 1.807) is 4.90 Å². The van der Waals surface area contributed by atoms with Crippen LogP contribution in [0, 0.1) is 11.3 Å². The molecule has 0 aliphatic carbocycles. The fraction of sp³-hybridized carbons (Fsp3) is 0.105. The molecule has 4 rings (SSSR count). The first-order valence-electron chi connectivity index (χ1n) is 7.66. The van der Waals surface area contributed by atoms with Gasteiger partial charge in [0.2, 0.25) is 0 Å². The highest BCUT2D eigenvalue weighted by Gasteiger charge is 2.34. The van der Waals surface area contributed by atoms with E-state index in [1.165, 1.54) is 11.3 Å². The molecular formula is C19H13N3OS. The zero-order valence-corrected chi connectivity index (χ0v) is 13.8. The number of aromatic nitrogens is 1. The van der Waals surface area contributed by atoms with Crippen molar-refractivity contribution in [3.63, 3.8) is 0 Å². The summed E-state index contributed by atoms with van der Waals surface area (Å²) >= 11 is 1.44. The molecule has 116 valence electrons. The molecule has 0 N–H and O–H groups in total. The molecular weight excluding hydrogens is 318 g/mol. The minimum Gasteiger partial charge on any atom is -0.308 e. The molecule has 0 bridgehead atoms. The molecule has 1 aliphatic heterocycles. The van der Waals surface area contributed by atoms with Gasteiger partial charge < -0.3 is 4.90 Å². The fourth-order valence-corrected chi connectivity index (χ4v) is 3.99. The minimum absolute atomic E-state index is 0.130. The molecule has 1 aromatic heterocycles. The Bertz CT molecular complexity index is 1010. The van der Waals surface area contributed by atoms with Gasteiger partial charge in [-0.05, 0) is 25.1 Å². The molecule has 1 amide bonds. The number of carbonyl (C=O) groups excluding carboxylic acids is 1. The largest absolute Gasteiger partial charge is 0.308 e. The maximum atomic E-state index is 12.9. The van der Waals surface area contributed by atoms with Crippen molar-refractivity contribution in [1.82, 2.24) is 4.98 Å². The second-order valence-corrected chi connectivity index (χ2v) is 6.45. The summed E-state index contributed by atoms with van der Waals surface area (Å²) in [5.41, 5.74) is 3.31. The lowest BCUT2D eigenvalue weighted by Crippen LogP contribution is -2.25. The van der Waals surface area contributed by atoms with Gasteiger partial charge in [-0.15, -0.1) is 11.3 Å². The lowest BCUT2D eigenvalue weighted by Gasteiger charge is -2.13. The first kappa shape index (κ1) is 14.6. The predicted molar refractivity (Wildman–Crippen MR) is 96.5 cm³/mol. The summed E-state index contributed by atoms with van der Waals surface area (Å²) < 4.78 is 1.01. The summed E-state index contributed by atoms with van der Waals surface area (Å²) in [5, 5.41) is 10.3. The number of thiazole rings is 1. The quantitative estimate of drug-likeness (QED) is 0.525. The summed E-state index contributed by atoms with van der Waals surface area (Å²) in [7, 11) is 0. The van der Waals surface area contributed by atoms with Gasteiger partial charge in [0.1, 0.15) is 16.6 Å². The predicted octanol–water partition coefficient (Wildman–Crippen LogP) is 4.10. The molecule has 0 spiro atoms. The van der Waals surface area contributed by atoms with E-state index in [9.17, 15) is 10.1 Å². The van der Waals surface area contributed by atoms with Gasteiger partial charge in [-0.2, -0.15) is 5.26 Å². The number of benzene rings is 2. The highest BCUT2D eigenvalue weighted by molar-refractivity contribution is 7.19. The van der Waals surface area contributed by atoms with E-state index < -0.39 is 0 Å². The van der Waals surface area contributed by atoms with Gasteiger partial charge in [0.05, 0.1) is 21.5 Å². The van der Waals surface area contributed by atoms with Crippen molar-refractivity contribution < 1.29 is 4.79 Å². The van der Waals surface area contributed by atoms with Gasteiger partial charge in [0, 0.05) is 12.1 Å². The van der Waals surface area contributed by atoms with E-state index in [0.29, 0.717) is 22.7 Å². The lowest BCUT2D eigenvalue weighted by atomic mass is 10.0. The fourth-order valence-electron chi connectivity index (χ4n) is 3.03. The van der Waals surface area contributed by atoms with Gasteiger partial charge >= 0.3 is 0 Å². The third-order valence-corrected chi connectivity index (χ3v) is 5.16. The van der Waals surface area contributed by atoms with E-state index in [1.807, 2.05) is 55.5 Å². The van der Waals surface area contributed by atoms with Crippen LogP contribution in [0.1, 0.15) is 17.5 Å². The van der Waals surface area contributed by atoms with Gasteiger partial charge in [0.15, 0.2) is 0 Å². The number of carbonyl (C=O) groups is 1. The number of nitrogens with zero attached hydrogens (tertiary/aromatic N) is 3. The Morgan fingerprint density at radius 1 is 1.21 bits per heavy atom. The van der Waals surface area contributed by atoms with Crippen LogP contribution in [-0.4, -0.2) is 17.4 Å². The van der Waals surface area contributed by atoms with Crippen molar-refractivity contribution in [2.24, 2.45) is 0 Å². The van der Waals surface area contributed by atoms with E-state index >= 15 is 0 Å². The first-order chi connectivity index (χ1) is 11.7. The third kappa shape index (κ3) is 2.04. The van der Waals surface area contributed by atoms with Crippen molar-refractivity contribution >= 4 is 44.3 Å². The Morgan fingerprint density at radius 2 is 1.96 bits per heavy atom. The van der Waals surface area contributed by atoms with Crippen molar-refractivity contribution in [3.05, 3.63) is 59.1 Å². The minimum atomic E-state index is -0.130. The second kappa shape index (κ2) is 5.59. The SMILES string of the molecule is CCN1C(=O)/C(=C(/C#N)c2nc3ccccc3s2)c2ccccc21. The summed E-state index contributed by atoms with van der Waals surface area (Å²) in [4.78, 5) is 19.1. The normalized spacial score (nSPS) is 15.5. The Kier molecular flexibility index (Phi) is 3.40. The molecule has 5 heteroatoms. The maximum Gasteiger partial charge on any atom is 0.260 e. The van der Waals surface area contributed by atoms with Crippen LogP contribution in [-0.2, 0) is 4.79 Å². The summed E-state index contributed by atoms with van der Waals surface area (Å²) in [6, 6.07) is 17.6.